The van der Waals surface area contributed by atoms with E-state index in [9.17, 15) is 0 Å². The molecule has 0 aromatic carbocycles. The maximum Gasteiger partial charge on any atom is 0.0528 e. The third-order valence-corrected chi connectivity index (χ3v) is 6.40. The Bertz CT molecular complexity index is 167. The zero-order chi connectivity index (χ0) is 8.48. The van der Waals surface area contributed by atoms with Gasteiger partial charge in [-0.1, -0.05) is 41.6 Å². The van der Waals surface area contributed by atoms with Gasteiger partial charge in [-0.2, -0.15) is 0 Å². The van der Waals surface area contributed by atoms with Gasteiger partial charge in [0.05, 0.1) is 8.07 Å². The Kier molecular flexibility index (Phi) is 2.98. The molecule has 1 atom stereocenters. The van der Waals surface area contributed by atoms with Crippen molar-refractivity contribution in [1.29, 1.82) is 0 Å². The molecule has 11 heavy (non-hydrogen) atoms. The Morgan fingerprint density at radius 2 is 2.09 bits per heavy atom. The summed E-state index contributed by atoms with van der Waals surface area (Å²) in [4.78, 5) is 0. The molecule has 0 N–H and O–H groups in total. The minimum absolute atomic E-state index is 0.885. The summed E-state index contributed by atoms with van der Waals surface area (Å²) in [7, 11) is -0.935. The molecule has 0 fully saturated rings. The van der Waals surface area contributed by atoms with Crippen molar-refractivity contribution in [3.05, 3.63) is 10.6 Å². The van der Waals surface area contributed by atoms with Gasteiger partial charge in [0, 0.05) is 0 Å². The second-order valence-corrected chi connectivity index (χ2v) is 10.8. The average Bonchev–Trinajstić information content (AvgIpc) is 1.86. The summed E-state index contributed by atoms with van der Waals surface area (Å²) >= 11 is 3.69. The van der Waals surface area contributed by atoms with Gasteiger partial charge in [-0.05, 0) is 29.3 Å². The number of allylic oxidation sites excluding steroid dienone is 2. The zero-order valence-corrected chi connectivity index (χ0v) is 10.2. The molecule has 0 radical (unpaired) electrons. The highest BCUT2D eigenvalue weighted by atomic mass is 79.9. The predicted molar refractivity (Wildman–Crippen MR) is 58.0 cm³/mol. The van der Waals surface area contributed by atoms with Crippen LogP contribution in [0.4, 0.5) is 0 Å². The first kappa shape index (κ1) is 9.52. The molecule has 2 heteroatoms. The molecule has 64 valence electrons. The van der Waals surface area contributed by atoms with Gasteiger partial charge >= 0.3 is 0 Å². The fourth-order valence-corrected chi connectivity index (χ4v) is 6.22. The van der Waals surface area contributed by atoms with Crippen molar-refractivity contribution in [1.82, 2.24) is 0 Å². The monoisotopic (exact) mass is 232 g/mol. The summed E-state index contributed by atoms with van der Waals surface area (Å²) in [6, 6.07) is 0. The summed E-state index contributed by atoms with van der Waals surface area (Å²) < 4.78 is 1.49. The lowest BCUT2D eigenvalue weighted by Crippen LogP contribution is -2.29. The summed E-state index contributed by atoms with van der Waals surface area (Å²) in [6.45, 7) is 7.37. The predicted octanol–water partition coefficient (Wildman–Crippen LogP) is 4.16. The van der Waals surface area contributed by atoms with Crippen LogP contribution in [0.15, 0.2) is 10.6 Å². The number of hydrogen-bond donors (Lipinski definition) is 0. The molecule has 0 saturated heterocycles. The first-order valence-electron chi connectivity index (χ1n) is 4.37. The van der Waals surface area contributed by atoms with Gasteiger partial charge in [-0.15, -0.1) is 0 Å². The van der Waals surface area contributed by atoms with E-state index in [1.807, 2.05) is 0 Å². The first-order chi connectivity index (χ1) is 5.02. The van der Waals surface area contributed by atoms with E-state index in [4.69, 9.17) is 0 Å². The van der Waals surface area contributed by atoms with E-state index in [0.717, 1.165) is 5.54 Å². The van der Waals surface area contributed by atoms with Gasteiger partial charge < -0.3 is 0 Å². The van der Waals surface area contributed by atoms with Crippen LogP contribution in [0.5, 0.6) is 0 Å². The fraction of sp³-hybridized carbons (Fsp3) is 0.778. The smallest absolute Gasteiger partial charge is 0.0528 e. The van der Waals surface area contributed by atoms with Gasteiger partial charge in [-0.3, -0.25) is 0 Å². The topological polar surface area (TPSA) is 0 Å². The lowest BCUT2D eigenvalue weighted by molar-refractivity contribution is 0.708. The Hall–Kier alpha value is 0.437. The van der Waals surface area contributed by atoms with E-state index in [-0.39, 0.29) is 0 Å². The van der Waals surface area contributed by atoms with Crippen molar-refractivity contribution in [2.75, 3.05) is 0 Å². The van der Waals surface area contributed by atoms with Crippen molar-refractivity contribution in [3.8, 4) is 0 Å². The summed E-state index contributed by atoms with van der Waals surface area (Å²) in [5, 5.41) is 0. The van der Waals surface area contributed by atoms with Crippen molar-refractivity contribution in [2.45, 2.75) is 44.4 Å². The Morgan fingerprint density at radius 3 is 2.45 bits per heavy atom. The van der Waals surface area contributed by atoms with Crippen LogP contribution < -0.4 is 0 Å². The lowest BCUT2D eigenvalue weighted by Gasteiger charge is -2.31. The summed E-state index contributed by atoms with van der Waals surface area (Å²) in [5.41, 5.74) is 0.885. The van der Waals surface area contributed by atoms with Crippen LogP contribution in [0.1, 0.15) is 19.3 Å². The Morgan fingerprint density at radius 1 is 1.45 bits per heavy atom. The highest BCUT2D eigenvalue weighted by molar-refractivity contribution is 9.11. The molecular weight excluding hydrogens is 216 g/mol. The molecule has 0 aliphatic heterocycles. The van der Waals surface area contributed by atoms with Crippen molar-refractivity contribution in [2.24, 2.45) is 0 Å². The van der Waals surface area contributed by atoms with E-state index in [2.05, 4.69) is 41.6 Å². The van der Waals surface area contributed by atoms with Gasteiger partial charge in [0.1, 0.15) is 0 Å². The van der Waals surface area contributed by atoms with Crippen LogP contribution in [0.3, 0.4) is 0 Å². The van der Waals surface area contributed by atoms with Crippen LogP contribution >= 0.6 is 15.9 Å². The second-order valence-electron chi connectivity index (χ2n) is 4.44. The van der Waals surface area contributed by atoms with Gasteiger partial charge in [0.15, 0.2) is 0 Å². The Labute approximate surface area is 79.2 Å². The van der Waals surface area contributed by atoms with Crippen LogP contribution in [0.2, 0.25) is 25.2 Å². The summed E-state index contributed by atoms with van der Waals surface area (Å²) in [6.07, 6.45) is 6.45. The number of rotatable bonds is 1. The molecule has 0 aromatic rings. The minimum Gasteiger partial charge on any atom is -0.0744 e. The second kappa shape index (κ2) is 3.44. The standard InChI is InChI=1S/C9H17BrSi/c1-11(2,3)9-7-5-4-6-8(9)10/h6,9H,4-5,7H2,1-3H3. The lowest BCUT2D eigenvalue weighted by atomic mass is 10.1. The van der Waals surface area contributed by atoms with E-state index in [1.165, 1.54) is 23.7 Å². The molecule has 0 amide bonds. The third kappa shape index (κ3) is 2.44. The molecule has 0 spiro atoms. The average molecular weight is 233 g/mol. The van der Waals surface area contributed by atoms with Crippen molar-refractivity contribution >= 4 is 24.0 Å². The van der Waals surface area contributed by atoms with Crippen molar-refractivity contribution in [3.63, 3.8) is 0 Å². The van der Waals surface area contributed by atoms with Gasteiger partial charge in [-0.25, -0.2) is 0 Å². The molecular formula is C9H17BrSi. The molecule has 0 heterocycles. The molecule has 1 aliphatic carbocycles. The summed E-state index contributed by atoms with van der Waals surface area (Å²) in [5.74, 6) is 0. The van der Waals surface area contributed by atoms with Gasteiger partial charge in [0.25, 0.3) is 0 Å². The maximum atomic E-state index is 3.69. The van der Waals surface area contributed by atoms with Crippen LogP contribution in [-0.4, -0.2) is 8.07 Å². The molecule has 0 bridgehead atoms. The number of halogens is 1. The fourth-order valence-electron chi connectivity index (χ4n) is 1.69. The highest BCUT2D eigenvalue weighted by Crippen LogP contribution is 2.40. The molecule has 1 rings (SSSR count). The van der Waals surface area contributed by atoms with E-state index >= 15 is 0 Å². The van der Waals surface area contributed by atoms with Crippen LogP contribution in [0.25, 0.3) is 0 Å². The number of hydrogen-bond acceptors (Lipinski definition) is 0. The molecule has 0 aromatic heterocycles. The van der Waals surface area contributed by atoms with Gasteiger partial charge in [0.2, 0.25) is 0 Å². The molecule has 0 nitrogen and oxygen atoms in total. The third-order valence-electron chi connectivity index (χ3n) is 2.41. The maximum absolute atomic E-state index is 3.69. The van der Waals surface area contributed by atoms with E-state index in [0.29, 0.717) is 0 Å². The van der Waals surface area contributed by atoms with Crippen molar-refractivity contribution < 1.29 is 0 Å². The zero-order valence-electron chi connectivity index (χ0n) is 7.65. The van der Waals surface area contributed by atoms with Crippen LogP contribution in [0, 0.1) is 0 Å². The first-order valence-corrected chi connectivity index (χ1v) is 8.74. The Balaban J connectivity index is 2.71. The SMILES string of the molecule is C[Si](C)(C)C1CCCC=C1Br. The quantitative estimate of drug-likeness (QED) is 0.596. The minimum atomic E-state index is -0.935. The van der Waals surface area contributed by atoms with E-state index in [1.54, 1.807) is 0 Å². The highest BCUT2D eigenvalue weighted by Gasteiger charge is 2.29. The molecule has 0 saturated carbocycles. The normalized spacial score (nSPS) is 26.5. The van der Waals surface area contributed by atoms with E-state index < -0.39 is 8.07 Å². The largest absolute Gasteiger partial charge is 0.0744 e. The molecule has 1 unspecified atom stereocenters. The molecule has 1 aliphatic rings. The van der Waals surface area contributed by atoms with Crippen LogP contribution in [-0.2, 0) is 0 Å².